The van der Waals surface area contributed by atoms with Crippen molar-refractivity contribution in [1.29, 1.82) is 0 Å². The van der Waals surface area contributed by atoms with Gasteiger partial charge in [0.05, 0.1) is 19.8 Å². The van der Waals surface area contributed by atoms with E-state index in [0.29, 0.717) is 6.61 Å². The normalized spacial score (nSPS) is 13.8. The molecule has 4 N–H and O–H groups in total. The number of hydrogen-bond acceptors (Lipinski definition) is 8. The summed E-state index contributed by atoms with van der Waals surface area (Å²) in [6.45, 7) is 3.93. The zero-order valence-electron chi connectivity index (χ0n) is 39.1. The monoisotopic (exact) mass is 874 g/mol. The molecule has 3 unspecified atom stereocenters. The number of carbonyl (C=O) groups is 2. The molecule has 0 aromatic carbocycles. The van der Waals surface area contributed by atoms with Crippen LogP contribution < -0.4 is 5.73 Å². The van der Waals surface area contributed by atoms with E-state index in [9.17, 15) is 19.0 Å². The summed E-state index contributed by atoms with van der Waals surface area (Å²) >= 11 is 0. The molecule has 0 aromatic heterocycles. The van der Waals surface area contributed by atoms with Gasteiger partial charge in [-0.3, -0.25) is 18.6 Å². The summed E-state index contributed by atoms with van der Waals surface area (Å²) < 4.78 is 33.5. The summed E-state index contributed by atoms with van der Waals surface area (Å²) in [6.07, 6.45) is 49.8. The molecule has 0 aliphatic rings. The minimum Gasteiger partial charge on any atom is -0.480 e. The summed E-state index contributed by atoms with van der Waals surface area (Å²) in [5.41, 5.74) is 5.37. The second kappa shape index (κ2) is 45.7. The summed E-state index contributed by atoms with van der Waals surface area (Å²) in [5, 5.41) is 8.92. The molecule has 0 saturated carbocycles. The summed E-state index contributed by atoms with van der Waals surface area (Å²) in [4.78, 5) is 33.7. The lowest BCUT2D eigenvalue weighted by Crippen LogP contribution is -2.34. The molecule has 0 bridgehead atoms. The van der Waals surface area contributed by atoms with Crippen molar-refractivity contribution >= 4 is 19.8 Å². The molecule has 11 heteroatoms. The zero-order chi connectivity index (χ0) is 44.0. The topological polar surface area (TPSA) is 155 Å². The Bertz CT molecular complexity index is 1010. The minimum absolute atomic E-state index is 0.0222. The van der Waals surface area contributed by atoms with Gasteiger partial charge >= 0.3 is 19.8 Å². The number of rotatable bonds is 49. The third kappa shape index (κ3) is 44.8. The van der Waals surface area contributed by atoms with E-state index in [0.717, 1.165) is 38.5 Å². The number of aliphatic carboxylic acids is 1. The number of ether oxygens (including phenoxy) is 2. The van der Waals surface area contributed by atoms with Crippen LogP contribution in [0.25, 0.3) is 0 Å². The highest BCUT2D eigenvalue weighted by atomic mass is 31.2. The number of nitrogens with two attached hydrogens (primary N) is 1. The summed E-state index contributed by atoms with van der Waals surface area (Å²) in [5.74, 6) is -1.77. The van der Waals surface area contributed by atoms with Crippen molar-refractivity contribution in [2.24, 2.45) is 5.73 Å². The van der Waals surface area contributed by atoms with Crippen molar-refractivity contribution in [2.45, 2.75) is 264 Å². The third-order valence-electron chi connectivity index (χ3n) is 11.3. The van der Waals surface area contributed by atoms with Gasteiger partial charge in [0, 0.05) is 13.0 Å². The number of phosphoric acid groups is 1. The molecule has 3 atom stereocenters. The molecule has 0 aromatic rings. The lowest BCUT2D eigenvalue weighted by molar-refractivity contribution is -0.154. The van der Waals surface area contributed by atoms with Gasteiger partial charge in [0.2, 0.25) is 0 Å². The molecule has 0 fully saturated rings. The molecular formula is C49H96NO9P. The summed E-state index contributed by atoms with van der Waals surface area (Å²) in [7, 11) is -4.62. The number of carbonyl (C=O) groups excluding carboxylic acids is 1. The van der Waals surface area contributed by atoms with Crippen molar-refractivity contribution in [3.63, 3.8) is 0 Å². The SMILES string of the molecule is CCCCCCCC/C=C\CCCCCCCCCCCCOCC(COP(=O)(O)OCC(N)C(=O)O)OC(=O)CCCCCCCCCCCCCCCCCCCC. The molecule has 356 valence electrons. The molecule has 0 radical (unpaired) electrons. The lowest BCUT2D eigenvalue weighted by atomic mass is 10.0. The maximum atomic E-state index is 12.7. The molecule has 0 aliphatic carbocycles. The van der Waals surface area contributed by atoms with Crippen LogP contribution >= 0.6 is 7.82 Å². The number of carboxylic acids is 1. The Morgan fingerprint density at radius 1 is 0.517 bits per heavy atom. The number of esters is 1. The Hall–Kier alpha value is -1.29. The van der Waals surface area contributed by atoms with Crippen LogP contribution in [0.15, 0.2) is 12.2 Å². The standard InChI is InChI=1S/C49H96NO9P/c1-3-5-7-9-11-13-15-17-19-21-23-24-26-28-30-32-34-36-38-40-42-56-43-46(44-57-60(54,55)58-45-47(50)49(52)53)59-48(51)41-39-37-35-33-31-29-27-25-22-20-18-16-14-12-10-8-6-4-2/h17,19,46-47H,3-16,18,20-45,50H2,1-2H3,(H,52,53)(H,54,55)/b19-17-. The van der Waals surface area contributed by atoms with E-state index >= 15 is 0 Å². The van der Waals surface area contributed by atoms with Gasteiger partial charge in [-0.15, -0.1) is 0 Å². The van der Waals surface area contributed by atoms with E-state index in [1.807, 2.05) is 0 Å². The first-order valence-electron chi connectivity index (χ1n) is 25.2. The van der Waals surface area contributed by atoms with Gasteiger partial charge in [-0.25, -0.2) is 4.57 Å². The van der Waals surface area contributed by atoms with E-state index in [-0.39, 0.29) is 13.0 Å². The Labute approximate surface area is 369 Å². The third-order valence-corrected chi connectivity index (χ3v) is 12.2. The first-order chi connectivity index (χ1) is 29.2. The predicted molar refractivity (Wildman–Crippen MR) is 249 cm³/mol. The fourth-order valence-corrected chi connectivity index (χ4v) is 8.14. The quantitative estimate of drug-likeness (QED) is 0.0233. The van der Waals surface area contributed by atoms with E-state index in [2.05, 4.69) is 26.0 Å². The van der Waals surface area contributed by atoms with Gasteiger partial charge in [-0.2, -0.15) is 0 Å². The van der Waals surface area contributed by atoms with Crippen LogP contribution in [0.5, 0.6) is 0 Å². The van der Waals surface area contributed by atoms with Gasteiger partial charge in [-0.05, 0) is 38.5 Å². The van der Waals surface area contributed by atoms with Crippen LogP contribution in [-0.2, 0) is 32.7 Å². The molecule has 0 rings (SSSR count). The Morgan fingerprint density at radius 2 is 0.867 bits per heavy atom. The molecule has 0 saturated heterocycles. The second-order valence-electron chi connectivity index (χ2n) is 17.3. The molecular weight excluding hydrogens is 778 g/mol. The first-order valence-corrected chi connectivity index (χ1v) is 26.7. The fraction of sp³-hybridized carbons (Fsp3) is 0.918. The van der Waals surface area contributed by atoms with Crippen molar-refractivity contribution in [3.8, 4) is 0 Å². The van der Waals surface area contributed by atoms with Crippen LogP contribution in [-0.4, -0.2) is 60.5 Å². The second-order valence-corrected chi connectivity index (χ2v) is 18.8. The van der Waals surface area contributed by atoms with Gasteiger partial charge in [-0.1, -0.05) is 219 Å². The summed E-state index contributed by atoms with van der Waals surface area (Å²) in [6, 6.07) is -1.47. The number of allylic oxidation sites excluding steroid dienone is 2. The van der Waals surface area contributed by atoms with Gasteiger partial charge in [0.25, 0.3) is 0 Å². The van der Waals surface area contributed by atoms with Gasteiger partial charge in [0.1, 0.15) is 12.1 Å². The maximum Gasteiger partial charge on any atom is 0.472 e. The average molecular weight is 874 g/mol. The molecule has 0 heterocycles. The highest BCUT2D eigenvalue weighted by Crippen LogP contribution is 2.43. The Balaban J connectivity index is 4.11. The molecule has 0 aliphatic heterocycles. The largest absolute Gasteiger partial charge is 0.480 e. The van der Waals surface area contributed by atoms with Crippen molar-refractivity contribution < 1.29 is 42.7 Å². The molecule has 0 spiro atoms. The zero-order valence-corrected chi connectivity index (χ0v) is 40.0. The number of unbranched alkanes of at least 4 members (excludes halogenated alkanes) is 33. The highest BCUT2D eigenvalue weighted by Gasteiger charge is 2.27. The van der Waals surface area contributed by atoms with Crippen molar-refractivity contribution in [1.82, 2.24) is 0 Å². The minimum atomic E-state index is -4.62. The van der Waals surface area contributed by atoms with Crippen LogP contribution in [0.2, 0.25) is 0 Å². The number of carboxylic acid groups (broad SMARTS) is 1. The Morgan fingerprint density at radius 3 is 1.27 bits per heavy atom. The van der Waals surface area contributed by atoms with Crippen LogP contribution in [0, 0.1) is 0 Å². The first kappa shape index (κ1) is 58.7. The van der Waals surface area contributed by atoms with Crippen LogP contribution in [0.4, 0.5) is 0 Å². The van der Waals surface area contributed by atoms with Crippen LogP contribution in [0.3, 0.4) is 0 Å². The van der Waals surface area contributed by atoms with Gasteiger partial charge < -0.3 is 25.2 Å². The molecule has 10 nitrogen and oxygen atoms in total. The highest BCUT2D eigenvalue weighted by molar-refractivity contribution is 7.47. The molecule has 60 heavy (non-hydrogen) atoms. The van der Waals surface area contributed by atoms with Crippen molar-refractivity contribution in [3.05, 3.63) is 12.2 Å². The van der Waals surface area contributed by atoms with E-state index < -0.39 is 45.1 Å². The smallest absolute Gasteiger partial charge is 0.472 e. The Kier molecular flexibility index (Phi) is 44.7. The van der Waals surface area contributed by atoms with Crippen molar-refractivity contribution in [2.75, 3.05) is 26.4 Å². The maximum absolute atomic E-state index is 12.7. The number of phosphoric ester groups is 1. The lowest BCUT2D eigenvalue weighted by Gasteiger charge is -2.20. The molecule has 0 amide bonds. The van der Waals surface area contributed by atoms with Gasteiger partial charge in [0.15, 0.2) is 0 Å². The predicted octanol–water partition coefficient (Wildman–Crippen LogP) is 14.5. The number of hydrogen-bond donors (Lipinski definition) is 3. The fourth-order valence-electron chi connectivity index (χ4n) is 7.37. The van der Waals surface area contributed by atoms with Crippen LogP contribution in [0.1, 0.15) is 251 Å². The van der Waals surface area contributed by atoms with E-state index in [1.54, 1.807) is 0 Å². The average Bonchev–Trinajstić information content (AvgIpc) is 3.23. The van der Waals surface area contributed by atoms with E-state index in [1.165, 1.54) is 193 Å². The van der Waals surface area contributed by atoms with E-state index in [4.69, 9.17) is 29.4 Å².